The van der Waals surface area contributed by atoms with E-state index >= 15 is 0 Å². The largest absolute Gasteiger partial charge is 0.550 e. The summed E-state index contributed by atoms with van der Waals surface area (Å²) in [5, 5.41) is 36.1. The Hall–Kier alpha value is -1.22. The lowest BCUT2D eigenvalue weighted by Gasteiger charge is -2.21. The van der Waals surface area contributed by atoms with Gasteiger partial charge in [0.15, 0.2) is 0 Å². The molecule has 0 unspecified atom stereocenters. The Kier molecular flexibility index (Phi) is 16.7. The Morgan fingerprint density at radius 3 is 1.09 bits per heavy atom. The molecule has 0 bridgehead atoms. The summed E-state index contributed by atoms with van der Waals surface area (Å²) < 4.78 is 1.69. The number of quaternary nitrogens is 2. The van der Waals surface area contributed by atoms with Gasteiger partial charge in [0, 0.05) is 11.9 Å². The lowest BCUT2D eigenvalue weighted by molar-refractivity contribution is -0.870. The van der Waals surface area contributed by atoms with Crippen molar-refractivity contribution < 1.29 is 39.0 Å². The zero-order valence-corrected chi connectivity index (χ0v) is 15.4. The Balaban J connectivity index is -0.000000264. The van der Waals surface area contributed by atoms with Gasteiger partial charge in [-0.3, -0.25) is 0 Å². The number of rotatable bonds is 8. The molecule has 0 atom stereocenters. The number of aliphatic hydroxyl groups excluding tert-OH is 2. The molecule has 8 nitrogen and oxygen atoms in total. The second-order valence-electron chi connectivity index (χ2n) is 7.07. The average Bonchev–Trinajstić information content (AvgIpc) is 2.25. The van der Waals surface area contributed by atoms with Gasteiger partial charge in [-0.05, 0) is 19.3 Å². The van der Waals surface area contributed by atoms with E-state index in [1.165, 1.54) is 0 Å². The Labute approximate surface area is 139 Å². The average molecular weight is 338 g/mol. The molecule has 0 aromatic carbocycles. The fourth-order valence-electron chi connectivity index (χ4n) is 0.977. The van der Waals surface area contributed by atoms with Gasteiger partial charge in [-0.25, -0.2) is 0 Å². The first-order chi connectivity index (χ1) is 10.2. The molecule has 2 N–H and O–H groups in total. The lowest BCUT2D eigenvalue weighted by Crippen LogP contribution is -2.36. The van der Waals surface area contributed by atoms with Crippen molar-refractivity contribution in [1.82, 2.24) is 0 Å². The van der Waals surface area contributed by atoms with Crippen LogP contribution in [0.15, 0.2) is 0 Å². The summed E-state index contributed by atoms with van der Waals surface area (Å²) in [6.07, 6.45) is -0.341. The van der Waals surface area contributed by atoms with E-state index in [9.17, 15) is 19.8 Å². The van der Waals surface area contributed by atoms with Crippen LogP contribution in [0.3, 0.4) is 0 Å². The van der Waals surface area contributed by atoms with E-state index < -0.39 is 11.9 Å². The second-order valence-corrected chi connectivity index (χ2v) is 7.07. The number of aliphatic hydroxyl groups is 2. The first-order valence-electron chi connectivity index (χ1n) is 7.47. The molecule has 0 aromatic rings. The SMILES string of the molecule is C[N+](C)(C)CCO.C[N+](C)(C)CCO.O=C([O-])CCCC(=O)[O-]. The monoisotopic (exact) mass is 338 g/mol. The van der Waals surface area contributed by atoms with E-state index in [-0.39, 0.29) is 32.5 Å². The number of carboxylic acid groups (broad SMARTS) is 2. The van der Waals surface area contributed by atoms with E-state index in [0.717, 1.165) is 22.1 Å². The highest BCUT2D eigenvalue weighted by atomic mass is 16.4. The van der Waals surface area contributed by atoms with Crippen LogP contribution in [0.25, 0.3) is 0 Å². The number of hydrogen-bond acceptors (Lipinski definition) is 6. The maximum absolute atomic E-state index is 9.66. The summed E-state index contributed by atoms with van der Waals surface area (Å²) in [5.74, 6) is -2.45. The van der Waals surface area contributed by atoms with Crippen LogP contribution in [-0.2, 0) is 9.59 Å². The molecule has 0 aliphatic rings. The van der Waals surface area contributed by atoms with Gasteiger partial charge in [-0.2, -0.15) is 0 Å². The third-order valence-corrected chi connectivity index (χ3v) is 2.30. The minimum atomic E-state index is -1.23. The number of carboxylic acids is 2. The molecular formula is C15H34N2O6. The lowest BCUT2D eigenvalue weighted by atomic mass is 10.2. The number of nitrogens with zero attached hydrogens (tertiary/aromatic N) is 2. The van der Waals surface area contributed by atoms with Crippen molar-refractivity contribution in [3.05, 3.63) is 0 Å². The van der Waals surface area contributed by atoms with Crippen LogP contribution in [-0.4, -0.2) is 99.7 Å². The zero-order chi connectivity index (χ0) is 19.1. The van der Waals surface area contributed by atoms with Crippen molar-refractivity contribution >= 4 is 11.9 Å². The minimum Gasteiger partial charge on any atom is -0.550 e. The van der Waals surface area contributed by atoms with Crippen molar-refractivity contribution in [2.75, 3.05) is 68.6 Å². The standard InChI is InChI=1S/2C5H14NO.C5H8O4/c2*1-6(2,3)4-5-7;6-4(7)2-1-3-5(8)9/h2*7H,4-5H2,1-3H3;1-3H2,(H,6,7)(H,8,9)/q2*+1;/p-2. The van der Waals surface area contributed by atoms with Crippen molar-refractivity contribution in [2.45, 2.75) is 19.3 Å². The normalized spacial score (nSPS) is 10.8. The zero-order valence-electron chi connectivity index (χ0n) is 15.4. The summed E-state index contributed by atoms with van der Waals surface area (Å²) in [6, 6.07) is 0. The topological polar surface area (TPSA) is 121 Å². The molecule has 0 fully saturated rings. The molecule has 0 saturated heterocycles. The Morgan fingerprint density at radius 2 is 1.00 bits per heavy atom. The van der Waals surface area contributed by atoms with Gasteiger partial charge in [0.25, 0.3) is 0 Å². The summed E-state index contributed by atoms with van der Waals surface area (Å²) in [5.41, 5.74) is 0. The predicted molar refractivity (Wildman–Crippen MR) is 83.8 cm³/mol. The van der Waals surface area contributed by atoms with E-state index in [1.807, 2.05) is 0 Å². The molecule has 0 radical (unpaired) electrons. The third kappa shape index (κ3) is 44.9. The van der Waals surface area contributed by atoms with Gasteiger partial charge in [-0.15, -0.1) is 0 Å². The highest BCUT2D eigenvalue weighted by Crippen LogP contribution is 1.90. The Bertz CT molecular complexity index is 278. The van der Waals surface area contributed by atoms with E-state index in [4.69, 9.17) is 10.2 Å². The Morgan fingerprint density at radius 1 is 0.739 bits per heavy atom. The number of carbonyl (C=O) groups is 2. The van der Waals surface area contributed by atoms with Crippen LogP contribution in [0.2, 0.25) is 0 Å². The van der Waals surface area contributed by atoms with Crippen molar-refractivity contribution in [3.8, 4) is 0 Å². The van der Waals surface area contributed by atoms with Gasteiger partial charge in [0.2, 0.25) is 0 Å². The smallest absolute Gasteiger partial charge is 0.101 e. The molecule has 0 aliphatic heterocycles. The molecule has 140 valence electrons. The maximum Gasteiger partial charge on any atom is 0.101 e. The van der Waals surface area contributed by atoms with Gasteiger partial charge in [0.1, 0.15) is 13.1 Å². The first kappa shape index (κ1) is 26.7. The number of likely N-dealkylation sites (N-methyl/N-ethyl adjacent to an activating group) is 2. The van der Waals surface area contributed by atoms with Crippen LogP contribution in [0, 0.1) is 0 Å². The summed E-state index contributed by atoms with van der Waals surface area (Å²) in [7, 11) is 12.3. The summed E-state index contributed by atoms with van der Waals surface area (Å²) >= 11 is 0. The number of carbonyl (C=O) groups excluding carboxylic acids is 2. The van der Waals surface area contributed by atoms with Gasteiger partial charge >= 0.3 is 0 Å². The molecule has 0 saturated carbocycles. The van der Waals surface area contributed by atoms with Crippen LogP contribution in [0.1, 0.15) is 19.3 Å². The van der Waals surface area contributed by atoms with Crippen LogP contribution < -0.4 is 10.2 Å². The molecule has 0 spiro atoms. The van der Waals surface area contributed by atoms with E-state index in [0.29, 0.717) is 0 Å². The van der Waals surface area contributed by atoms with Crippen LogP contribution in [0.4, 0.5) is 0 Å². The quantitative estimate of drug-likeness (QED) is 0.456. The number of aliphatic carboxylic acids is 2. The minimum absolute atomic E-state index is 0.0880. The highest BCUT2D eigenvalue weighted by molar-refractivity contribution is 5.67. The molecule has 0 heterocycles. The van der Waals surface area contributed by atoms with Crippen LogP contribution >= 0.6 is 0 Å². The molecule has 23 heavy (non-hydrogen) atoms. The van der Waals surface area contributed by atoms with E-state index in [2.05, 4.69) is 42.3 Å². The summed E-state index contributed by atoms with van der Waals surface area (Å²) in [4.78, 5) is 19.3. The molecular weight excluding hydrogens is 304 g/mol. The molecule has 0 amide bonds. The fourth-order valence-corrected chi connectivity index (χ4v) is 0.977. The van der Waals surface area contributed by atoms with Gasteiger partial charge in [0.05, 0.1) is 55.5 Å². The van der Waals surface area contributed by atoms with Gasteiger partial charge < -0.3 is 39.0 Å². The van der Waals surface area contributed by atoms with Crippen molar-refractivity contribution in [3.63, 3.8) is 0 Å². The fraction of sp³-hybridized carbons (Fsp3) is 0.867. The molecule has 0 rings (SSSR count). The van der Waals surface area contributed by atoms with Gasteiger partial charge in [-0.1, -0.05) is 0 Å². The molecule has 0 aromatic heterocycles. The molecule has 0 aliphatic carbocycles. The number of hydrogen-bond donors (Lipinski definition) is 2. The highest BCUT2D eigenvalue weighted by Gasteiger charge is 2.02. The van der Waals surface area contributed by atoms with Crippen molar-refractivity contribution in [2.24, 2.45) is 0 Å². The van der Waals surface area contributed by atoms with Crippen molar-refractivity contribution in [1.29, 1.82) is 0 Å². The summed E-state index contributed by atoms with van der Waals surface area (Å²) in [6.45, 7) is 2.23. The first-order valence-corrected chi connectivity index (χ1v) is 7.47. The van der Waals surface area contributed by atoms with E-state index in [1.54, 1.807) is 0 Å². The third-order valence-electron chi connectivity index (χ3n) is 2.30. The maximum atomic E-state index is 9.66. The predicted octanol–water partition coefficient (Wildman–Crippen LogP) is -2.97. The van der Waals surface area contributed by atoms with Crippen LogP contribution in [0.5, 0.6) is 0 Å². The second kappa shape index (κ2) is 14.4. The molecule has 8 heteroatoms.